The summed E-state index contributed by atoms with van der Waals surface area (Å²) in [5, 5.41) is 3.88. The van der Waals surface area contributed by atoms with Crippen LogP contribution in [-0.4, -0.2) is 20.9 Å². The Balaban J connectivity index is 1.70. The van der Waals surface area contributed by atoms with Crippen LogP contribution in [-0.2, 0) is 11.2 Å². The molecule has 1 saturated carbocycles. The lowest BCUT2D eigenvalue weighted by Crippen LogP contribution is -2.13. The summed E-state index contributed by atoms with van der Waals surface area (Å²) in [7, 11) is 0. The van der Waals surface area contributed by atoms with E-state index in [4.69, 9.17) is 4.52 Å². The third-order valence-electron chi connectivity index (χ3n) is 3.56. The number of hydrogen-bond donors (Lipinski definition) is 0. The predicted octanol–water partition coefficient (Wildman–Crippen LogP) is 3.20. The number of carbonyl (C=O) groups excluding carboxylic acids is 1. The number of Topliss-reactive ketones (excluding diaryl/α,β-unsaturated/α-hetero) is 1. The van der Waals surface area contributed by atoms with Crippen LogP contribution in [0.25, 0.3) is 11.5 Å². The van der Waals surface area contributed by atoms with Gasteiger partial charge in [0.05, 0.1) is 6.42 Å². The molecule has 1 fully saturated rings. The number of halogens is 1. The zero-order valence-electron chi connectivity index (χ0n) is 10.9. The average molecular weight is 336 g/mol. The lowest BCUT2D eigenvalue weighted by Gasteiger charge is -2.04. The topological polar surface area (TPSA) is 68.9 Å². The summed E-state index contributed by atoms with van der Waals surface area (Å²) in [6, 6.07) is 3.67. The van der Waals surface area contributed by atoms with Gasteiger partial charge >= 0.3 is 0 Å². The number of nitrogens with zero attached hydrogens (tertiary/aromatic N) is 3. The summed E-state index contributed by atoms with van der Waals surface area (Å²) < 4.78 is 6.04. The Bertz CT molecular complexity index is 603. The highest BCUT2D eigenvalue weighted by atomic mass is 79.9. The lowest BCUT2D eigenvalue weighted by atomic mass is 10.0. The molecule has 5 nitrogen and oxygen atoms in total. The molecular weight excluding hydrogens is 322 g/mol. The number of ketones is 1. The Morgan fingerprint density at radius 2 is 2.15 bits per heavy atom. The van der Waals surface area contributed by atoms with Crippen molar-refractivity contribution >= 4 is 21.7 Å². The Kier molecular flexibility index (Phi) is 3.91. The molecule has 0 N–H and O–H groups in total. The summed E-state index contributed by atoms with van der Waals surface area (Å²) in [4.78, 5) is 20.5. The average Bonchev–Trinajstić information content (AvgIpc) is 3.10. The molecule has 0 atom stereocenters. The summed E-state index contributed by atoms with van der Waals surface area (Å²) in [5.74, 6) is 1.19. The summed E-state index contributed by atoms with van der Waals surface area (Å²) in [6.07, 6.45) is 6.19. The number of rotatable bonds is 4. The second-order valence-corrected chi connectivity index (χ2v) is 5.91. The van der Waals surface area contributed by atoms with E-state index in [1.54, 1.807) is 12.3 Å². The van der Waals surface area contributed by atoms with Crippen molar-refractivity contribution in [1.82, 2.24) is 15.1 Å². The molecular formula is C14H14BrN3O2. The van der Waals surface area contributed by atoms with Gasteiger partial charge in [-0.2, -0.15) is 4.98 Å². The molecule has 2 aromatic rings. The summed E-state index contributed by atoms with van der Waals surface area (Å²) >= 11 is 3.32. The third-order valence-corrected chi connectivity index (χ3v) is 4.03. The molecule has 20 heavy (non-hydrogen) atoms. The summed E-state index contributed by atoms with van der Waals surface area (Å²) in [6.45, 7) is 0. The fourth-order valence-electron chi connectivity index (χ4n) is 2.48. The van der Waals surface area contributed by atoms with Gasteiger partial charge in [0.2, 0.25) is 11.7 Å². The molecule has 6 heteroatoms. The molecule has 1 aliphatic carbocycles. The molecule has 0 amide bonds. The first-order chi connectivity index (χ1) is 9.72. The number of pyridine rings is 1. The zero-order chi connectivity index (χ0) is 13.9. The molecule has 0 unspecified atom stereocenters. The van der Waals surface area contributed by atoms with Gasteiger partial charge in [-0.3, -0.25) is 9.78 Å². The maximum Gasteiger partial charge on any atom is 0.234 e. The Labute approximate surface area is 124 Å². The van der Waals surface area contributed by atoms with Crippen LogP contribution in [0.5, 0.6) is 0 Å². The second kappa shape index (κ2) is 5.83. The Morgan fingerprint density at radius 3 is 2.85 bits per heavy atom. The normalized spacial score (nSPS) is 15.7. The van der Waals surface area contributed by atoms with Gasteiger partial charge in [0.15, 0.2) is 0 Å². The van der Waals surface area contributed by atoms with Crippen molar-refractivity contribution in [3.63, 3.8) is 0 Å². The second-order valence-electron chi connectivity index (χ2n) is 5.00. The van der Waals surface area contributed by atoms with Gasteiger partial charge in [-0.05, 0) is 40.9 Å². The number of hydrogen-bond acceptors (Lipinski definition) is 5. The minimum atomic E-state index is 0.177. The third kappa shape index (κ3) is 2.95. The zero-order valence-corrected chi connectivity index (χ0v) is 12.5. The molecule has 1 aliphatic rings. The van der Waals surface area contributed by atoms with Crippen molar-refractivity contribution in [2.75, 3.05) is 0 Å². The van der Waals surface area contributed by atoms with Crippen LogP contribution in [0.15, 0.2) is 27.3 Å². The van der Waals surface area contributed by atoms with Crippen molar-refractivity contribution in [2.45, 2.75) is 32.1 Å². The molecule has 2 aromatic heterocycles. The molecule has 104 valence electrons. The van der Waals surface area contributed by atoms with E-state index < -0.39 is 0 Å². The monoisotopic (exact) mass is 335 g/mol. The minimum absolute atomic E-state index is 0.177. The quantitative estimate of drug-likeness (QED) is 0.858. The molecule has 3 rings (SSSR count). The highest BCUT2D eigenvalue weighted by molar-refractivity contribution is 9.10. The number of aromatic nitrogens is 3. The molecule has 0 radical (unpaired) electrons. The molecule has 2 heterocycles. The van der Waals surface area contributed by atoms with Crippen LogP contribution in [0, 0.1) is 5.92 Å². The van der Waals surface area contributed by atoms with Crippen LogP contribution < -0.4 is 0 Å². The predicted molar refractivity (Wildman–Crippen MR) is 75.9 cm³/mol. The van der Waals surface area contributed by atoms with Gasteiger partial charge in [-0.1, -0.05) is 18.0 Å². The van der Waals surface area contributed by atoms with Gasteiger partial charge in [0.1, 0.15) is 11.5 Å². The van der Waals surface area contributed by atoms with Crippen molar-refractivity contribution in [2.24, 2.45) is 5.92 Å². The molecule has 0 spiro atoms. The van der Waals surface area contributed by atoms with Gasteiger partial charge in [0.25, 0.3) is 0 Å². The van der Waals surface area contributed by atoms with Gasteiger partial charge in [0, 0.05) is 16.6 Å². The van der Waals surface area contributed by atoms with Crippen molar-refractivity contribution in [3.05, 3.63) is 28.7 Å². The van der Waals surface area contributed by atoms with Crippen molar-refractivity contribution in [1.29, 1.82) is 0 Å². The van der Waals surface area contributed by atoms with Crippen LogP contribution in [0.2, 0.25) is 0 Å². The minimum Gasteiger partial charge on any atom is -0.338 e. The number of carbonyl (C=O) groups is 1. The van der Waals surface area contributed by atoms with E-state index in [1.807, 2.05) is 6.07 Å². The van der Waals surface area contributed by atoms with Crippen molar-refractivity contribution in [3.8, 4) is 11.5 Å². The maximum atomic E-state index is 12.1. The lowest BCUT2D eigenvalue weighted by molar-refractivity contribution is -0.122. The van der Waals surface area contributed by atoms with Crippen LogP contribution >= 0.6 is 15.9 Å². The van der Waals surface area contributed by atoms with Gasteiger partial charge < -0.3 is 4.52 Å². The molecule has 0 bridgehead atoms. The first kappa shape index (κ1) is 13.4. The maximum absolute atomic E-state index is 12.1. The van der Waals surface area contributed by atoms with Crippen LogP contribution in [0.4, 0.5) is 0 Å². The van der Waals surface area contributed by atoms with E-state index in [0.717, 1.165) is 30.2 Å². The molecule has 0 saturated heterocycles. The Hall–Kier alpha value is -1.56. The molecule has 0 aliphatic heterocycles. The van der Waals surface area contributed by atoms with E-state index >= 15 is 0 Å². The molecule has 0 aromatic carbocycles. The van der Waals surface area contributed by atoms with Crippen LogP contribution in [0.1, 0.15) is 31.6 Å². The van der Waals surface area contributed by atoms with Gasteiger partial charge in [-0.15, -0.1) is 0 Å². The SMILES string of the molecule is O=C(Cc1nc(-c2ccc(Br)cn2)no1)C1CCCC1. The first-order valence-electron chi connectivity index (χ1n) is 6.69. The fraction of sp³-hybridized carbons (Fsp3) is 0.429. The first-order valence-corrected chi connectivity index (χ1v) is 7.49. The Morgan fingerprint density at radius 1 is 1.35 bits per heavy atom. The fourth-order valence-corrected chi connectivity index (χ4v) is 2.71. The van der Waals surface area contributed by atoms with Gasteiger partial charge in [-0.25, -0.2) is 0 Å². The highest BCUT2D eigenvalue weighted by Gasteiger charge is 2.24. The standard InChI is InChI=1S/C14H14BrN3O2/c15-10-5-6-11(16-8-10)14-17-13(20-18-14)7-12(19)9-3-1-2-4-9/h5-6,8-9H,1-4,7H2. The summed E-state index contributed by atoms with van der Waals surface area (Å²) in [5.41, 5.74) is 0.636. The highest BCUT2D eigenvalue weighted by Crippen LogP contribution is 2.26. The van der Waals surface area contributed by atoms with Crippen molar-refractivity contribution < 1.29 is 9.32 Å². The van der Waals surface area contributed by atoms with E-state index in [0.29, 0.717) is 17.4 Å². The van der Waals surface area contributed by atoms with E-state index in [2.05, 4.69) is 31.1 Å². The van der Waals surface area contributed by atoms with E-state index in [1.165, 1.54) is 0 Å². The largest absolute Gasteiger partial charge is 0.338 e. The van der Waals surface area contributed by atoms with E-state index in [-0.39, 0.29) is 18.1 Å². The van der Waals surface area contributed by atoms with E-state index in [9.17, 15) is 4.79 Å². The van der Waals surface area contributed by atoms with Crippen LogP contribution in [0.3, 0.4) is 0 Å². The smallest absolute Gasteiger partial charge is 0.234 e.